The van der Waals surface area contributed by atoms with Crippen LogP contribution in [0, 0.1) is 5.92 Å². The second kappa shape index (κ2) is 2.57. The summed E-state index contributed by atoms with van der Waals surface area (Å²) in [5.41, 5.74) is 1.61. The van der Waals surface area contributed by atoms with Gasteiger partial charge >= 0.3 is 0 Å². The highest BCUT2D eigenvalue weighted by Gasteiger charge is 2.34. The molecule has 0 saturated heterocycles. The first-order valence-electron chi connectivity index (χ1n) is 4.75. The molecular formula is C10H13NS. The lowest BCUT2D eigenvalue weighted by atomic mass is 9.99. The number of fused-ring (bicyclic) bond motifs is 1. The summed E-state index contributed by atoms with van der Waals surface area (Å²) in [7, 11) is 0. The van der Waals surface area contributed by atoms with Crippen molar-refractivity contribution in [3.63, 3.8) is 0 Å². The third kappa shape index (κ3) is 1.02. The zero-order valence-corrected chi connectivity index (χ0v) is 7.86. The summed E-state index contributed by atoms with van der Waals surface area (Å²) in [6, 6.07) is 3.02. The Morgan fingerprint density at radius 1 is 1.42 bits per heavy atom. The quantitative estimate of drug-likeness (QED) is 0.697. The molecule has 0 spiro atoms. The average Bonchev–Trinajstić information content (AvgIpc) is 2.82. The van der Waals surface area contributed by atoms with Crippen molar-refractivity contribution in [3.05, 3.63) is 21.9 Å². The van der Waals surface area contributed by atoms with E-state index in [0.717, 1.165) is 5.92 Å². The minimum atomic E-state index is 0.708. The molecule has 0 radical (unpaired) electrons. The van der Waals surface area contributed by atoms with Crippen LogP contribution >= 0.6 is 11.3 Å². The lowest BCUT2D eigenvalue weighted by molar-refractivity contribution is 0.462. The van der Waals surface area contributed by atoms with E-state index in [2.05, 4.69) is 16.8 Å². The maximum Gasteiger partial charge on any atom is 0.0359 e. The summed E-state index contributed by atoms with van der Waals surface area (Å²) >= 11 is 1.93. The molecule has 12 heavy (non-hydrogen) atoms. The SMILES string of the molecule is c1cc2c(s1)CCNC2C1CC1. The molecule has 1 aliphatic carbocycles. The summed E-state index contributed by atoms with van der Waals surface area (Å²) in [4.78, 5) is 1.63. The van der Waals surface area contributed by atoms with Gasteiger partial charge in [-0.1, -0.05) is 0 Å². The predicted molar refractivity (Wildman–Crippen MR) is 51.5 cm³/mol. The fraction of sp³-hybridized carbons (Fsp3) is 0.600. The molecule has 0 aromatic carbocycles. The molecule has 0 bridgehead atoms. The van der Waals surface area contributed by atoms with Crippen LogP contribution in [0.15, 0.2) is 11.4 Å². The van der Waals surface area contributed by atoms with Crippen molar-refractivity contribution >= 4 is 11.3 Å². The molecule has 1 N–H and O–H groups in total. The van der Waals surface area contributed by atoms with Crippen molar-refractivity contribution in [2.75, 3.05) is 6.54 Å². The van der Waals surface area contributed by atoms with E-state index in [-0.39, 0.29) is 0 Å². The normalized spacial score (nSPS) is 28.5. The zero-order valence-electron chi connectivity index (χ0n) is 7.05. The standard InChI is InChI=1S/C10H13NS/c1-2-7(1)10-8-4-6-12-9(8)3-5-11-10/h4,6-7,10-11H,1-3,5H2. The van der Waals surface area contributed by atoms with Gasteiger partial charge in [0.05, 0.1) is 0 Å². The van der Waals surface area contributed by atoms with E-state index in [1.54, 1.807) is 10.4 Å². The second-order valence-corrected chi connectivity index (χ2v) is 4.82. The molecule has 1 unspecified atom stereocenters. The Hall–Kier alpha value is -0.340. The summed E-state index contributed by atoms with van der Waals surface area (Å²) in [6.07, 6.45) is 4.12. The molecule has 1 aromatic heterocycles. The first-order valence-corrected chi connectivity index (χ1v) is 5.63. The van der Waals surface area contributed by atoms with Crippen LogP contribution in [0.5, 0.6) is 0 Å². The van der Waals surface area contributed by atoms with Crippen molar-refractivity contribution in [2.24, 2.45) is 5.92 Å². The van der Waals surface area contributed by atoms with Crippen molar-refractivity contribution in [3.8, 4) is 0 Å². The molecule has 1 saturated carbocycles. The molecule has 0 amide bonds. The fourth-order valence-electron chi connectivity index (χ4n) is 2.13. The van der Waals surface area contributed by atoms with E-state index in [1.165, 1.54) is 25.8 Å². The topological polar surface area (TPSA) is 12.0 Å². The van der Waals surface area contributed by atoms with Crippen LogP contribution in [0.3, 0.4) is 0 Å². The molecule has 2 aliphatic rings. The molecular weight excluding hydrogens is 166 g/mol. The second-order valence-electron chi connectivity index (χ2n) is 3.82. The number of hydrogen-bond acceptors (Lipinski definition) is 2. The first-order chi connectivity index (χ1) is 5.95. The predicted octanol–water partition coefficient (Wildman–Crippen LogP) is 2.34. The van der Waals surface area contributed by atoms with Crippen LogP contribution in [0.1, 0.15) is 29.3 Å². The van der Waals surface area contributed by atoms with Crippen LogP contribution in [-0.4, -0.2) is 6.54 Å². The minimum Gasteiger partial charge on any atom is -0.309 e. The minimum absolute atomic E-state index is 0.708. The summed E-state index contributed by atoms with van der Waals surface area (Å²) in [6.45, 7) is 1.19. The molecule has 1 aromatic rings. The number of rotatable bonds is 1. The smallest absolute Gasteiger partial charge is 0.0359 e. The molecule has 3 rings (SSSR count). The molecule has 1 nitrogen and oxygen atoms in total. The van der Waals surface area contributed by atoms with Gasteiger partial charge in [0.1, 0.15) is 0 Å². The monoisotopic (exact) mass is 179 g/mol. The van der Waals surface area contributed by atoms with Gasteiger partial charge in [0.2, 0.25) is 0 Å². The third-order valence-corrected chi connectivity index (χ3v) is 3.92. The fourth-order valence-corrected chi connectivity index (χ4v) is 3.06. The van der Waals surface area contributed by atoms with E-state index in [4.69, 9.17) is 0 Å². The van der Waals surface area contributed by atoms with E-state index in [0.29, 0.717) is 6.04 Å². The van der Waals surface area contributed by atoms with E-state index in [9.17, 15) is 0 Å². The highest BCUT2D eigenvalue weighted by atomic mass is 32.1. The Morgan fingerprint density at radius 2 is 2.33 bits per heavy atom. The summed E-state index contributed by atoms with van der Waals surface area (Å²) in [5, 5.41) is 5.87. The van der Waals surface area contributed by atoms with Crippen LogP contribution in [0.4, 0.5) is 0 Å². The largest absolute Gasteiger partial charge is 0.309 e. The maximum atomic E-state index is 3.63. The van der Waals surface area contributed by atoms with Gasteiger partial charge in [-0.25, -0.2) is 0 Å². The summed E-state index contributed by atoms with van der Waals surface area (Å²) in [5.74, 6) is 0.957. The van der Waals surface area contributed by atoms with E-state index < -0.39 is 0 Å². The van der Waals surface area contributed by atoms with Gasteiger partial charge < -0.3 is 5.32 Å². The Bertz CT molecular complexity index is 288. The van der Waals surface area contributed by atoms with Crippen molar-refractivity contribution in [2.45, 2.75) is 25.3 Å². The van der Waals surface area contributed by atoms with Crippen molar-refractivity contribution in [1.82, 2.24) is 5.32 Å². The van der Waals surface area contributed by atoms with Gasteiger partial charge in [0.25, 0.3) is 0 Å². The van der Waals surface area contributed by atoms with Gasteiger partial charge in [-0.2, -0.15) is 0 Å². The highest BCUT2D eigenvalue weighted by Crippen LogP contribution is 2.44. The molecule has 1 atom stereocenters. The van der Waals surface area contributed by atoms with Gasteiger partial charge in [-0.3, -0.25) is 0 Å². The van der Waals surface area contributed by atoms with Crippen LogP contribution in [0.25, 0.3) is 0 Å². The number of thiophene rings is 1. The highest BCUT2D eigenvalue weighted by molar-refractivity contribution is 7.10. The molecule has 1 aliphatic heterocycles. The lowest BCUT2D eigenvalue weighted by Gasteiger charge is -2.23. The van der Waals surface area contributed by atoms with E-state index >= 15 is 0 Å². The maximum absolute atomic E-state index is 3.63. The Kier molecular flexibility index (Phi) is 1.52. The van der Waals surface area contributed by atoms with Crippen molar-refractivity contribution < 1.29 is 0 Å². The number of nitrogens with one attached hydrogen (secondary N) is 1. The number of hydrogen-bond donors (Lipinski definition) is 1. The summed E-state index contributed by atoms with van der Waals surface area (Å²) < 4.78 is 0. The van der Waals surface area contributed by atoms with Gasteiger partial charge in [-0.15, -0.1) is 11.3 Å². The molecule has 64 valence electrons. The van der Waals surface area contributed by atoms with Gasteiger partial charge in [0.15, 0.2) is 0 Å². The van der Waals surface area contributed by atoms with Gasteiger partial charge in [-0.05, 0) is 42.2 Å². The Labute approximate surface area is 76.8 Å². The Morgan fingerprint density at radius 3 is 3.17 bits per heavy atom. The average molecular weight is 179 g/mol. The molecule has 2 heteroatoms. The van der Waals surface area contributed by atoms with Crippen LogP contribution < -0.4 is 5.32 Å². The van der Waals surface area contributed by atoms with Gasteiger partial charge in [0, 0.05) is 17.5 Å². The third-order valence-electron chi connectivity index (χ3n) is 2.92. The van der Waals surface area contributed by atoms with E-state index in [1.807, 2.05) is 11.3 Å². The molecule has 2 heterocycles. The van der Waals surface area contributed by atoms with Crippen molar-refractivity contribution in [1.29, 1.82) is 0 Å². The zero-order chi connectivity index (χ0) is 7.97. The van der Waals surface area contributed by atoms with Crippen LogP contribution in [-0.2, 0) is 6.42 Å². The first kappa shape index (κ1) is 7.10. The lowest BCUT2D eigenvalue weighted by Crippen LogP contribution is -2.29. The Balaban J connectivity index is 1.97. The molecule has 1 fully saturated rings. The van der Waals surface area contributed by atoms with Crippen LogP contribution in [0.2, 0.25) is 0 Å².